The van der Waals surface area contributed by atoms with Gasteiger partial charge in [-0.05, 0) is 39.7 Å². The van der Waals surface area contributed by atoms with Gasteiger partial charge in [-0.1, -0.05) is 18.2 Å². The van der Waals surface area contributed by atoms with Crippen molar-refractivity contribution in [2.45, 2.75) is 57.3 Å². The second kappa shape index (κ2) is 11.3. The predicted octanol–water partition coefficient (Wildman–Crippen LogP) is 1.54. The van der Waals surface area contributed by atoms with Crippen molar-refractivity contribution in [1.82, 2.24) is 15.5 Å². The second-order valence-electron chi connectivity index (χ2n) is 8.61. The van der Waals surface area contributed by atoms with Crippen molar-refractivity contribution in [2.24, 2.45) is 0 Å². The van der Waals surface area contributed by atoms with E-state index in [1.54, 1.807) is 32.9 Å². The number of rotatable bonds is 9. The molecular formula is C22H31N3O7S. The number of ether oxygens (including phenoxy) is 2. The van der Waals surface area contributed by atoms with Crippen molar-refractivity contribution in [3.8, 4) is 5.75 Å². The first-order chi connectivity index (χ1) is 15.5. The van der Waals surface area contributed by atoms with Crippen LogP contribution in [0.15, 0.2) is 24.3 Å². The van der Waals surface area contributed by atoms with Crippen LogP contribution < -0.4 is 10.6 Å². The molecule has 11 heteroatoms. The quantitative estimate of drug-likeness (QED) is 0.310. The minimum atomic E-state index is -1.24. The molecule has 10 nitrogen and oxygen atoms in total. The summed E-state index contributed by atoms with van der Waals surface area (Å²) in [4.78, 5) is 51.8. The fourth-order valence-corrected chi connectivity index (χ4v) is 3.40. The number of benzene rings is 1. The van der Waals surface area contributed by atoms with Gasteiger partial charge in [0, 0.05) is 17.4 Å². The molecule has 0 radical (unpaired) electrons. The molecule has 2 rings (SSSR count). The van der Waals surface area contributed by atoms with E-state index in [0.717, 1.165) is 0 Å². The van der Waals surface area contributed by atoms with Crippen molar-refractivity contribution < 1.29 is 33.8 Å². The Labute approximate surface area is 198 Å². The number of hydrogen-bond acceptors (Lipinski definition) is 8. The summed E-state index contributed by atoms with van der Waals surface area (Å²) in [7, 11) is 1.19. The zero-order valence-corrected chi connectivity index (χ0v) is 20.1. The highest BCUT2D eigenvalue weighted by atomic mass is 32.1. The van der Waals surface area contributed by atoms with Crippen LogP contribution in [-0.2, 0) is 23.9 Å². The normalized spacial score (nSPS) is 15.1. The first-order valence-electron chi connectivity index (χ1n) is 10.5. The lowest BCUT2D eigenvalue weighted by Gasteiger charge is -2.34. The van der Waals surface area contributed by atoms with Crippen LogP contribution in [0.2, 0.25) is 0 Å². The molecule has 182 valence electrons. The number of phenols is 1. The lowest BCUT2D eigenvalue weighted by atomic mass is 10.0. The number of alkyl carbamates (subject to hydrolysis) is 1. The average Bonchev–Trinajstić information content (AvgIpc) is 3.57. The molecule has 0 heterocycles. The van der Waals surface area contributed by atoms with Crippen molar-refractivity contribution >= 4 is 36.5 Å². The number of phenolic OH excluding ortho intramolecular Hbond substituents is 1. The zero-order chi connectivity index (χ0) is 24.8. The third-order valence-corrected chi connectivity index (χ3v) is 5.12. The number of hydrogen-bond donors (Lipinski definition) is 4. The molecule has 0 spiro atoms. The highest BCUT2D eigenvalue weighted by Crippen LogP contribution is 2.38. The summed E-state index contributed by atoms with van der Waals surface area (Å²) < 4.78 is 9.80. The number of esters is 1. The number of aromatic hydroxyl groups is 1. The summed E-state index contributed by atoms with van der Waals surface area (Å²) in [5, 5.41) is 15.4. The van der Waals surface area contributed by atoms with Crippen LogP contribution in [-0.4, -0.2) is 71.0 Å². The van der Waals surface area contributed by atoms with Gasteiger partial charge in [-0.15, -0.1) is 0 Å². The number of carbonyl (C=O) groups is 4. The Kier molecular flexibility index (Phi) is 8.98. The van der Waals surface area contributed by atoms with Crippen LogP contribution in [0, 0.1) is 0 Å². The molecular weight excluding hydrogens is 450 g/mol. The topological polar surface area (TPSA) is 134 Å². The molecule has 3 N–H and O–H groups in total. The molecule has 1 aliphatic rings. The summed E-state index contributed by atoms with van der Waals surface area (Å²) >= 11 is 4.20. The fourth-order valence-electron chi connectivity index (χ4n) is 3.15. The highest BCUT2D eigenvalue weighted by Gasteiger charge is 2.44. The molecule has 1 aromatic rings. The van der Waals surface area contributed by atoms with Crippen LogP contribution in [0.1, 0.15) is 45.2 Å². The molecule has 1 aromatic carbocycles. The first kappa shape index (κ1) is 26.3. The van der Waals surface area contributed by atoms with Gasteiger partial charge in [0.15, 0.2) is 0 Å². The van der Waals surface area contributed by atoms with Gasteiger partial charge in [0.25, 0.3) is 0 Å². The van der Waals surface area contributed by atoms with Gasteiger partial charge in [0.05, 0.1) is 7.11 Å². The molecule has 1 fully saturated rings. The Morgan fingerprint density at radius 2 is 1.85 bits per heavy atom. The summed E-state index contributed by atoms with van der Waals surface area (Å²) in [6.45, 7) is 4.68. The fraction of sp³-hybridized carbons (Fsp3) is 0.545. The summed E-state index contributed by atoms with van der Waals surface area (Å²) in [5.74, 6) is -2.11. The summed E-state index contributed by atoms with van der Waals surface area (Å²) in [5.41, 5.74) is -0.577. The van der Waals surface area contributed by atoms with E-state index in [9.17, 15) is 24.3 Å². The van der Waals surface area contributed by atoms with Crippen LogP contribution in [0.4, 0.5) is 4.79 Å². The van der Waals surface area contributed by atoms with Gasteiger partial charge < -0.3 is 30.1 Å². The number of amides is 3. The van der Waals surface area contributed by atoms with Gasteiger partial charge in [-0.2, -0.15) is 12.6 Å². The minimum absolute atomic E-state index is 0.0431. The van der Waals surface area contributed by atoms with Gasteiger partial charge in [-0.25, -0.2) is 4.79 Å². The van der Waals surface area contributed by atoms with Gasteiger partial charge in [0.1, 0.15) is 30.0 Å². The molecule has 1 saturated carbocycles. The third-order valence-electron chi connectivity index (χ3n) is 4.76. The molecule has 0 aromatic heterocycles. The molecule has 0 saturated heterocycles. The van der Waals surface area contributed by atoms with E-state index in [1.165, 1.54) is 24.1 Å². The maximum absolute atomic E-state index is 13.5. The average molecular weight is 482 g/mol. The highest BCUT2D eigenvalue weighted by molar-refractivity contribution is 7.80. The Bertz CT molecular complexity index is 883. The number of carbonyl (C=O) groups excluding carboxylic acids is 4. The van der Waals surface area contributed by atoms with Crippen LogP contribution in [0.3, 0.4) is 0 Å². The summed E-state index contributed by atoms with van der Waals surface area (Å²) in [6, 6.07) is 3.54. The Morgan fingerprint density at radius 1 is 1.21 bits per heavy atom. The molecule has 33 heavy (non-hydrogen) atoms. The van der Waals surface area contributed by atoms with Crippen molar-refractivity contribution in [3.05, 3.63) is 29.8 Å². The van der Waals surface area contributed by atoms with E-state index >= 15 is 0 Å². The Balaban J connectivity index is 2.37. The van der Waals surface area contributed by atoms with Crippen molar-refractivity contribution in [2.75, 3.05) is 19.4 Å². The predicted molar refractivity (Wildman–Crippen MR) is 123 cm³/mol. The molecule has 0 aliphatic heterocycles. The Morgan fingerprint density at radius 3 is 2.36 bits per heavy atom. The van der Waals surface area contributed by atoms with Crippen molar-refractivity contribution in [3.63, 3.8) is 0 Å². The van der Waals surface area contributed by atoms with Gasteiger partial charge >= 0.3 is 12.1 Å². The van der Waals surface area contributed by atoms with Gasteiger partial charge in [-0.3, -0.25) is 14.4 Å². The van der Waals surface area contributed by atoms with Crippen molar-refractivity contribution in [1.29, 1.82) is 0 Å². The number of nitrogens with one attached hydrogen (secondary N) is 2. The summed E-state index contributed by atoms with van der Waals surface area (Å²) in [6.07, 6.45) is 0.498. The van der Waals surface area contributed by atoms with Crippen LogP contribution >= 0.6 is 12.6 Å². The van der Waals surface area contributed by atoms with E-state index in [1.807, 2.05) is 0 Å². The van der Waals surface area contributed by atoms with Crippen LogP contribution in [0.25, 0.3) is 0 Å². The van der Waals surface area contributed by atoms with E-state index in [2.05, 4.69) is 28.0 Å². The van der Waals surface area contributed by atoms with Crippen LogP contribution in [0.5, 0.6) is 5.75 Å². The number of nitrogens with zero attached hydrogens (tertiary/aromatic N) is 1. The van der Waals surface area contributed by atoms with E-state index in [4.69, 9.17) is 4.74 Å². The molecule has 3 amide bonds. The number of methoxy groups -OCH3 is 1. The molecule has 1 aliphatic carbocycles. The number of thiol groups is 1. The molecule has 2 atom stereocenters. The number of para-hydroxylation sites is 1. The van der Waals surface area contributed by atoms with Gasteiger partial charge in [0.2, 0.25) is 11.8 Å². The maximum Gasteiger partial charge on any atom is 0.408 e. The lowest BCUT2D eigenvalue weighted by molar-refractivity contribution is -0.145. The minimum Gasteiger partial charge on any atom is -0.508 e. The maximum atomic E-state index is 13.5. The lowest BCUT2D eigenvalue weighted by Crippen LogP contribution is -2.54. The van der Waals surface area contributed by atoms with E-state index in [-0.39, 0.29) is 23.1 Å². The zero-order valence-electron chi connectivity index (χ0n) is 19.2. The molecule has 2 unspecified atom stereocenters. The largest absolute Gasteiger partial charge is 0.508 e. The monoisotopic (exact) mass is 481 g/mol. The first-order valence-corrected chi connectivity index (χ1v) is 11.2. The smallest absolute Gasteiger partial charge is 0.408 e. The third kappa shape index (κ3) is 7.55. The SMILES string of the molecule is COC(=O)CNC(=O)C(c1ccccc1O)N(C(=O)C(CS)NC(=O)OC(C)(C)C)C1CC1. The van der Waals surface area contributed by atoms with E-state index < -0.39 is 48.1 Å². The standard InChI is InChI=1S/C22H31N3O7S/c1-22(2,3)32-21(30)24-15(12-33)20(29)25(13-9-10-13)18(14-7-5-6-8-16(14)26)19(28)23-11-17(27)31-4/h5-8,13,15,18,26,33H,9-12H2,1-4H3,(H,23,28)(H,24,30). The second-order valence-corrected chi connectivity index (χ2v) is 8.98. The molecule has 0 bridgehead atoms. The van der Waals surface area contributed by atoms with E-state index in [0.29, 0.717) is 12.8 Å². The Hall–Kier alpha value is -2.95.